The molecule has 3 aromatic carbocycles. The number of aryl methyl sites for hydroxylation is 2. The second-order valence-electron chi connectivity index (χ2n) is 9.30. The van der Waals surface area contributed by atoms with Gasteiger partial charge in [-0.2, -0.15) is 35.1 Å². The van der Waals surface area contributed by atoms with Gasteiger partial charge in [0.25, 0.3) is 0 Å². The molecule has 3 aromatic rings. The second kappa shape index (κ2) is 11.8. The summed E-state index contributed by atoms with van der Waals surface area (Å²) >= 11 is 0. The lowest BCUT2D eigenvalue weighted by atomic mass is 10.0. The van der Waals surface area contributed by atoms with Gasteiger partial charge in [0, 0.05) is 30.3 Å². The van der Waals surface area contributed by atoms with Crippen molar-refractivity contribution >= 4 is 5.69 Å². The predicted octanol–water partition coefficient (Wildman–Crippen LogP) is 7.51. The van der Waals surface area contributed by atoms with Gasteiger partial charge in [0.1, 0.15) is 5.75 Å². The quantitative estimate of drug-likeness (QED) is 0.260. The van der Waals surface area contributed by atoms with Crippen LogP contribution >= 0.6 is 0 Å². The Kier molecular flexibility index (Phi) is 9.15. The lowest BCUT2D eigenvalue weighted by molar-refractivity contribution is -0.289. The number of nitrogens with zero attached hydrogens (tertiary/aromatic N) is 1. The van der Waals surface area contributed by atoms with Crippen LogP contribution in [0.2, 0.25) is 0 Å². The van der Waals surface area contributed by atoms with Crippen LogP contribution in [0.1, 0.15) is 27.8 Å². The van der Waals surface area contributed by atoms with E-state index in [0.717, 1.165) is 27.7 Å². The van der Waals surface area contributed by atoms with Crippen molar-refractivity contribution in [3.05, 3.63) is 94.5 Å². The van der Waals surface area contributed by atoms with Gasteiger partial charge >= 0.3 is 18.3 Å². The summed E-state index contributed by atoms with van der Waals surface area (Å²) in [5.74, 6) is -4.84. The van der Waals surface area contributed by atoms with Gasteiger partial charge in [-0.05, 0) is 43.2 Å². The molecule has 0 aromatic heterocycles. The van der Waals surface area contributed by atoms with Gasteiger partial charge in [0.2, 0.25) is 0 Å². The van der Waals surface area contributed by atoms with E-state index in [2.05, 4.69) is 0 Å². The van der Waals surface area contributed by atoms with Crippen LogP contribution in [0.4, 0.5) is 40.8 Å². The number of hydrogen-bond acceptors (Lipinski definition) is 3. The number of aliphatic hydroxyl groups excluding tert-OH is 1. The molecule has 0 saturated heterocycles. The average molecular weight is 562 g/mol. The SMILES string of the molecule is Cc1cc(C)cc(CCOc2cccc(N(Cc3cccc(C(F)(F)C(F)(F)F)c3)C[C@@H](O)C(F)(F)F)c2)c1. The average Bonchev–Trinajstić information content (AvgIpc) is 2.82. The number of anilines is 1. The van der Waals surface area contributed by atoms with E-state index in [1.165, 1.54) is 24.3 Å². The van der Waals surface area contributed by atoms with Gasteiger partial charge in [-0.3, -0.25) is 0 Å². The third kappa shape index (κ3) is 8.08. The monoisotopic (exact) mass is 561 g/mol. The molecule has 3 rings (SSSR count). The lowest BCUT2D eigenvalue weighted by Gasteiger charge is -2.29. The molecule has 0 aliphatic rings. The van der Waals surface area contributed by atoms with Gasteiger partial charge in [-0.15, -0.1) is 0 Å². The van der Waals surface area contributed by atoms with Crippen molar-refractivity contribution in [2.45, 2.75) is 51.2 Å². The highest BCUT2D eigenvalue weighted by Gasteiger charge is 2.58. The first-order valence-corrected chi connectivity index (χ1v) is 11.9. The highest BCUT2D eigenvalue weighted by atomic mass is 19.4. The molecule has 0 aliphatic heterocycles. The zero-order valence-corrected chi connectivity index (χ0v) is 21.1. The maximum absolute atomic E-state index is 13.9. The molecule has 0 fully saturated rings. The smallest absolute Gasteiger partial charge is 0.458 e. The van der Waals surface area contributed by atoms with Gasteiger partial charge in [0.05, 0.1) is 13.2 Å². The minimum Gasteiger partial charge on any atom is -0.493 e. The molecule has 3 nitrogen and oxygen atoms in total. The largest absolute Gasteiger partial charge is 0.493 e. The van der Waals surface area contributed by atoms with Crippen LogP contribution in [0.15, 0.2) is 66.7 Å². The standard InChI is InChI=1S/C28H27F8NO2/c1-18-11-19(2)13-20(12-18)9-10-39-24-8-4-7-23(15-24)37(17-25(38)27(31,32)33)16-21-5-3-6-22(14-21)26(29,30)28(34,35)36/h3-8,11-15,25,38H,9-10,16-17H2,1-2H3/t25-/m1/s1. The van der Waals surface area contributed by atoms with E-state index < -0.39 is 43.0 Å². The molecule has 0 amide bonds. The molecule has 11 heteroatoms. The minimum absolute atomic E-state index is 0.105. The summed E-state index contributed by atoms with van der Waals surface area (Å²) in [7, 11) is 0. The van der Waals surface area contributed by atoms with E-state index in [0.29, 0.717) is 24.3 Å². The van der Waals surface area contributed by atoms with Crippen LogP contribution in [0.25, 0.3) is 0 Å². The van der Waals surface area contributed by atoms with Crippen LogP contribution in [-0.2, 0) is 18.9 Å². The summed E-state index contributed by atoms with van der Waals surface area (Å²) < 4.78 is 111. The molecule has 39 heavy (non-hydrogen) atoms. The molecule has 0 saturated carbocycles. The Labute approximate surface area is 220 Å². The summed E-state index contributed by atoms with van der Waals surface area (Å²) in [5.41, 5.74) is 1.91. The van der Waals surface area contributed by atoms with Crippen molar-refractivity contribution in [2.24, 2.45) is 0 Å². The Bertz CT molecular complexity index is 1240. The zero-order valence-electron chi connectivity index (χ0n) is 21.1. The Morgan fingerprint density at radius 1 is 0.795 bits per heavy atom. The van der Waals surface area contributed by atoms with E-state index in [9.17, 15) is 40.2 Å². The minimum atomic E-state index is -5.85. The van der Waals surface area contributed by atoms with Crippen LogP contribution in [0.5, 0.6) is 5.75 Å². The second-order valence-corrected chi connectivity index (χ2v) is 9.30. The van der Waals surface area contributed by atoms with E-state index in [1.54, 1.807) is 6.07 Å². The van der Waals surface area contributed by atoms with E-state index in [1.807, 2.05) is 32.0 Å². The fourth-order valence-electron chi connectivity index (χ4n) is 4.09. The summed E-state index contributed by atoms with van der Waals surface area (Å²) in [4.78, 5) is 1.04. The molecule has 212 valence electrons. The van der Waals surface area contributed by atoms with Crippen LogP contribution in [0, 0.1) is 13.8 Å². The predicted molar refractivity (Wildman–Crippen MR) is 131 cm³/mol. The molecule has 0 spiro atoms. The first-order valence-electron chi connectivity index (χ1n) is 11.9. The Morgan fingerprint density at radius 2 is 1.44 bits per heavy atom. The van der Waals surface area contributed by atoms with Crippen molar-refractivity contribution in [2.75, 3.05) is 18.1 Å². The maximum atomic E-state index is 13.9. The molecule has 0 bridgehead atoms. The normalized spacial score (nSPS) is 13.3. The number of halogens is 8. The summed E-state index contributed by atoms with van der Waals surface area (Å²) in [6.07, 6.45) is -13.1. The number of ether oxygens (including phenoxy) is 1. The third-order valence-electron chi connectivity index (χ3n) is 5.91. The molecule has 0 unspecified atom stereocenters. The molecular weight excluding hydrogens is 534 g/mol. The highest BCUT2D eigenvalue weighted by molar-refractivity contribution is 5.51. The number of alkyl halides is 8. The molecule has 0 heterocycles. The third-order valence-corrected chi connectivity index (χ3v) is 5.91. The van der Waals surface area contributed by atoms with E-state index in [-0.39, 0.29) is 17.9 Å². The number of aliphatic hydroxyl groups is 1. The van der Waals surface area contributed by atoms with Gasteiger partial charge in [-0.1, -0.05) is 53.6 Å². The topological polar surface area (TPSA) is 32.7 Å². The van der Waals surface area contributed by atoms with Crippen LogP contribution < -0.4 is 9.64 Å². The van der Waals surface area contributed by atoms with Crippen LogP contribution in [0.3, 0.4) is 0 Å². The van der Waals surface area contributed by atoms with Crippen molar-refractivity contribution < 1.29 is 45.0 Å². The molecular formula is C28H27F8NO2. The van der Waals surface area contributed by atoms with Gasteiger partial charge in [-0.25, -0.2) is 0 Å². The molecule has 1 atom stereocenters. The first-order chi connectivity index (χ1) is 18.1. The first kappa shape index (κ1) is 30.2. The maximum Gasteiger partial charge on any atom is 0.458 e. The number of benzene rings is 3. The fourth-order valence-corrected chi connectivity index (χ4v) is 4.09. The lowest BCUT2D eigenvalue weighted by Crippen LogP contribution is -2.41. The van der Waals surface area contributed by atoms with Gasteiger partial charge in [0.15, 0.2) is 6.10 Å². The molecule has 0 aliphatic carbocycles. The van der Waals surface area contributed by atoms with Crippen molar-refractivity contribution in [3.63, 3.8) is 0 Å². The zero-order chi connectivity index (χ0) is 29.0. The summed E-state index contributed by atoms with van der Waals surface area (Å²) in [6.45, 7) is 2.71. The summed E-state index contributed by atoms with van der Waals surface area (Å²) in [5, 5.41) is 9.70. The molecule has 0 radical (unpaired) electrons. The fraction of sp³-hybridized carbons (Fsp3) is 0.357. The van der Waals surface area contributed by atoms with Gasteiger partial charge < -0.3 is 14.7 Å². The van der Waals surface area contributed by atoms with Crippen molar-refractivity contribution in [1.29, 1.82) is 0 Å². The Balaban J connectivity index is 1.83. The van der Waals surface area contributed by atoms with E-state index >= 15 is 0 Å². The van der Waals surface area contributed by atoms with Crippen molar-refractivity contribution in [1.82, 2.24) is 0 Å². The summed E-state index contributed by atoms with van der Waals surface area (Å²) in [6, 6.07) is 15.3. The van der Waals surface area contributed by atoms with E-state index in [4.69, 9.17) is 4.74 Å². The van der Waals surface area contributed by atoms with Crippen LogP contribution in [-0.4, -0.2) is 36.7 Å². The molecule has 1 N–H and O–H groups in total. The highest BCUT2D eigenvalue weighted by Crippen LogP contribution is 2.44. The van der Waals surface area contributed by atoms with Crippen molar-refractivity contribution in [3.8, 4) is 5.75 Å². The Hall–Kier alpha value is -3.34. The Morgan fingerprint density at radius 3 is 2.05 bits per heavy atom. The number of rotatable bonds is 10. The number of hydrogen-bond donors (Lipinski definition) is 1.